The summed E-state index contributed by atoms with van der Waals surface area (Å²) in [6.07, 6.45) is 0. The Morgan fingerprint density at radius 3 is 2.38 bits per heavy atom. The molecule has 0 amide bonds. The van der Waals surface area contributed by atoms with E-state index in [9.17, 15) is 8.42 Å². The van der Waals surface area contributed by atoms with Crippen molar-refractivity contribution in [3.05, 3.63) is 59.4 Å². The Morgan fingerprint density at radius 2 is 1.67 bits per heavy atom. The van der Waals surface area contributed by atoms with Gasteiger partial charge in [0.25, 0.3) is 10.0 Å². The molecule has 0 saturated heterocycles. The van der Waals surface area contributed by atoms with E-state index in [-0.39, 0.29) is 4.90 Å². The van der Waals surface area contributed by atoms with Crippen molar-refractivity contribution < 1.29 is 8.42 Å². The molecule has 0 radical (unpaired) electrons. The summed E-state index contributed by atoms with van der Waals surface area (Å²) >= 11 is 0. The molecule has 1 heterocycles. The summed E-state index contributed by atoms with van der Waals surface area (Å²) in [5, 5.41) is 0. The lowest BCUT2D eigenvalue weighted by Crippen LogP contribution is -2.14. The molecule has 0 saturated carbocycles. The second-order valence-corrected chi connectivity index (χ2v) is 6.95. The van der Waals surface area contributed by atoms with E-state index in [2.05, 4.69) is 4.98 Å². The van der Waals surface area contributed by atoms with Crippen LogP contribution in [0, 0.1) is 20.8 Å². The molecule has 0 aliphatic carbocycles. The van der Waals surface area contributed by atoms with Gasteiger partial charge in [-0.3, -0.25) is 0 Å². The molecule has 21 heavy (non-hydrogen) atoms. The first-order valence-corrected chi connectivity index (χ1v) is 8.12. The van der Waals surface area contributed by atoms with Crippen LogP contribution in [-0.4, -0.2) is 17.4 Å². The average molecular weight is 300 g/mol. The summed E-state index contributed by atoms with van der Waals surface area (Å²) in [7, 11) is -3.64. The van der Waals surface area contributed by atoms with Gasteiger partial charge in [0, 0.05) is 0 Å². The lowest BCUT2D eigenvalue weighted by molar-refractivity contribution is 0.587. The predicted octanol–water partition coefficient (Wildman–Crippen LogP) is 3.20. The molecule has 0 spiro atoms. The van der Waals surface area contributed by atoms with Gasteiger partial charge in [0.05, 0.1) is 15.9 Å². The number of hydrogen-bond acceptors (Lipinski definition) is 3. The SMILES string of the molecule is Cc1ccc(S(=O)(=O)n2c(C)nc3ccccc32)cc1C. The van der Waals surface area contributed by atoms with Crippen LogP contribution < -0.4 is 0 Å². The Balaban J connectivity index is 2.30. The Kier molecular flexibility index (Phi) is 3.10. The minimum atomic E-state index is -3.64. The average Bonchev–Trinajstić information content (AvgIpc) is 2.78. The van der Waals surface area contributed by atoms with Gasteiger partial charge in [-0.05, 0) is 56.2 Å². The van der Waals surface area contributed by atoms with E-state index in [0.717, 1.165) is 11.1 Å². The molecule has 0 fully saturated rings. The second-order valence-electron chi connectivity index (χ2n) is 5.16. The van der Waals surface area contributed by atoms with Crippen LogP contribution in [0.25, 0.3) is 11.0 Å². The van der Waals surface area contributed by atoms with Gasteiger partial charge in [0.15, 0.2) is 0 Å². The molecular weight excluding hydrogens is 284 g/mol. The zero-order chi connectivity index (χ0) is 15.2. The first-order chi connectivity index (χ1) is 9.91. The highest BCUT2D eigenvalue weighted by Crippen LogP contribution is 2.24. The number of imidazole rings is 1. The van der Waals surface area contributed by atoms with Gasteiger partial charge in [0.2, 0.25) is 0 Å². The van der Waals surface area contributed by atoms with E-state index in [0.29, 0.717) is 16.9 Å². The Labute approximate surface area is 124 Å². The summed E-state index contributed by atoms with van der Waals surface area (Å²) in [5.41, 5.74) is 3.31. The summed E-state index contributed by atoms with van der Waals surface area (Å²) in [6.45, 7) is 5.58. The summed E-state index contributed by atoms with van der Waals surface area (Å²) in [5.74, 6) is 0.467. The van der Waals surface area contributed by atoms with Gasteiger partial charge in [-0.25, -0.2) is 17.4 Å². The zero-order valence-corrected chi connectivity index (χ0v) is 13.0. The fraction of sp³-hybridized carbons (Fsp3) is 0.188. The highest BCUT2D eigenvalue weighted by atomic mass is 32.2. The van der Waals surface area contributed by atoms with Crippen LogP contribution in [0.15, 0.2) is 47.4 Å². The quantitative estimate of drug-likeness (QED) is 0.730. The summed E-state index contributed by atoms with van der Waals surface area (Å²) in [4.78, 5) is 4.62. The van der Waals surface area contributed by atoms with Gasteiger partial charge in [0.1, 0.15) is 5.82 Å². The van der Waals surface area contributed by atoms with E-state index in [4.69, 9.17) is 0 Å². The van der Waals surface area contributed by atoms with Gasteiger partial charge < -0.3 is 0 Å². The Morgan fingerprint density at radius 1 is 0.952 bits per heavy atom. The molecule has 4 nitrogen and oxygen atoms in total. The van der Waals surface area contributed by atoms with Gasteiger partial charge >= 0.3 is 0 Å². The molecule has 108 valence electrons. The van der Waals surface area contributed by atoms with Crippen molar-refractivity contribution in [2.24, 2.45) is 0 Å². The number of nitrogens with zero attached hydrogens (tertiary/aromatic N) is 2. The van der Waals surface area contributed by atoms with E-state index < -0.39 is 10.0 Å². The third-order valence-electron chi connectivity index (χ3n) is 3.69. The fourth-order valence-corrected chi connectivity index (χ4v) is 3.99. The zero-order valence-electron chi connectivity index (χ0n) is 12.2. The predicted molar refractivity (Wildman–Crippen MR) is 83.0 cm³/mol. The molecule has 3 aromatic rings. The van der Waals surface area contributed by atoms with E-state index in [1.165, 1.54) is 3.97 Å². The first-order valence-electron chi connectivity index (χ1n) is 6.68. The molecule has 0 atom stereocenters. The van der Waals surface area contributed by atoms with Crippen LogP contribution in [0.3, 0.4) is 0 Å². The summed E-state index contributed by atoms with van der Waals surface area (Å²) < 4.78 is 27.1. The summed E-state index contributed by atoms with van der Waals surface area (Å²) in [6, 6.07) is 12.4. The van der Waals surface area contributed by atoms with Crippen LogP contribution >= 0.6 is 0 Å². The van der Waals surface area contributed by atoms with Crippen molar-refractivity contribution >= 4 is 21.1 Å². The van der Waals surface area contributed by atoms with E-state index in [1.807, 2.05) is 38.1 Å². The lowest BCUT2D eigenvalue weighted by Gasteiger charge is -2.10. The van der Waals surface area contributed by atoms with Crippen LogP contribution in [0.2, 0.25) is 0 Å². The molecule has 0 aliphatic rings. The van der Waals surface area contributed by atoms with Crippen molar-refractivity contribution in [2.45, 2.75) is 25.7 Å². The highest BCUT2D eigenvalue weighted by molar-refractivity contribution is 7.90. The number of aryl methyl sites for hydroxylation is 3. The topological polar surface area (TPSA) is 52.0 Å². The highest BCUT2D eigenvalue weighted by Gasteiger charge is 2.22. The smallest absolute Gasteiger partial charge is 0.232 e. The van der Waals surface area contributed by atoms with Crippen molar-refractivity contribution in [3.8, 4) is 0 Å². The number of hydrogen-bond donors (Lipinski definition) is 0. The molecule has 0 aliphatic heterocycles. The maximum absolute atomic E-state index is 12.9. The minimum absolute atomic E-state index is 0.289. The maximum atomic E-state index is 12.9. The van der Waals surface area contributed by atoms with E-state index in [1.54, 1.807) is 25.1 Å². The van der Waals surface area contributed by atoms with Crippen molar-refractivity contribution in [2.75, 3.05) is 0 Å². The van der Waals surface area contributed by atoms with Gasteiger partial charge in [-0.2, -0.15) is 0 Å². The molecule has 0 bridgehead atoms. The molecule has 0 N–H and O–H groups in total. The number of para-hydroxylation sites is 2. The Bertz CT molecular complexity index is 940. The standard InChI is InChI=1S/C16H16N2O2S/c1-11-8-9-14(10-12(11)2)21(19,20)18-13(3)17-15-6-4-5-7-16(15)18/h4-10H,1-3H3. The third kappa shape index (κ3) is 2.14. The molecule has 0 unspecified atom stereocenters. The van der Waals surface area contributed by atoms with Crippen molar-refractivity contribution in [1.82, 2.24) is 8.96 Å². The monoisotopic (exact) mass is 300 g/mol. The van der Waals surface area contributed by atoms with Crippen molar-refractivity contribution in [3.63, 3.8) is 0 Å². The number of aromatic nitrogens is 2. The largest absolute Gasteiger partial charge is 0.269 e. The molecule has 2 aromatic carbocycles. The second kappa shape index (κ2) is 4.70. The molecule has 3 rings (SSSR count). The molecule has 1 aromatic heterocycles. The van der Waals surface area contributed by atoms with Crippen LogP contribution in [0.5, 0.6) is 0 Å². The number of fused-ring (bicyclic) bond motifs is 1. The maximum Gasteiger partial charge on any atom is 0.269 e. The van der Waals surface area contributed by atoms with Crippen LogP contribution in [-0.2, 0) is 10.0 Å². The Hall–Kier alpha value is -2.14. The molecule has 5 heteroatoms. The van der Waals surface area contributed by atoms with Gasteiger partial charge in [-0.15, -0.1) is 0 Å². The third-order valence-corrected chi connectivity index (χ3v) is 5.48. The first kappa shape index (κ1) is 13.8. The van der Waals surface area contributed by atoms with Crippen LogP contribution in [0.1, 0.15) is 17.0 Å². The normalized spacial score (nSPS) is 12.0. The van der Waals surface area contributed by atoms with Crippen molar-refractivity contribution in [1.29, 1.82) is 0 Å². The fourth-order valence-electron chi connectivity index (χ4n) is 2.41. The lowest BCUT2D eigenvalue weighted by atomic mass is 10.1. The van der Waals surface area contributed by atoms with Crippen LogP contribution in [0.4, 0.5) is 0 Å². The number of rotatable bonds is 2. The minimum Gasteiger partial charge on any atom is -0.232 e. The number of benzene rings is 2. The molecular formula is C16H16N2O2S. The van der Waals surface area contributed by atoms with Gasteiger partial charge in [-0.1, -0.05) is 18.2 Å². The van der Waals surface area contributed by atoms with E-state index >= 15 is 0 Å².